The fourth-order valence-corrected chi connectivity index (χ4v) is 3.39. The maximum Gasteiger partial charge on any atom is 0.226 e. The zero-order chi connectivity index (χ0) is 17.6. The number of aromatic nitrogens is 2. The van der Waals surface area contributed by atoms with E-state index in [2.05, 4.69) is 10.4 Å². The molecular weight excluding hydrogens is 341 g/mol. The van der Waals surface area contributed by atoms with Crippen LogP contribution in [0, 0.1) is 12.7 Å². The molecule has 1 amide bonds. The normalized spacial score (nSPS) is 16.4. The van der Waals surface area contributed by atoms with E-state index in [1.54, 1.807) is 23.0 Å². The lowest BCUT2D eigenvalue weighted by Gasteiger charge is -2.24. The Morgan fingerprint density at radius 3 is 2.76 bits per heavy atom. The topological polar surface area (TPSA) is 46.9 Å². The summed E-state index contributed by atoms with van der Waals surface area (Å²) in [5.41, 5.74) is 3.49. The van der Waals surface area contributed by atoms with Crippen molar-refractivity contribution < 1.29 is 9.18 Å². The molecule has 25 heavy (non-hydrogen) atoms. The molecule has 0 radical (unpaired) electrons. The second-order valence-electron chi connectivity index (χ2n) is 6.10. The van der Waals surface area contributed by atoms with Gasteiger partial charge in [-0.2, -0.15) is 5.10 Å². The van der Waals surface area contributed by atoms with E-state index in [-0.39, 0.29) is 17.6 Å². The number of anilines is 1. The van der Waals surface area contributed by atoms with Crippen molar-refractivity contribution in [2.75, 3.05) is 5.32 Å². The van der Waals surface area contributed by atoms with Gasteiger partial charge in [0.2, 0.25) is 5.91 Å². The zero-order valence-corrected chi connectivity index (χ0v) is 14.2. The van der Waals surface area contributed by atoms with E-state index < -0.39 is 0 Å². The summed E-state index contributed by atoms with van der Waals surface area (Å²) in [6.07, 6.45) is 2.06. The lowest BCUT2D eigenvalue weighted by molar-refractivity contribution is -0.116. The van der Waals surface area contributed by atoms with Crippen LogP contribution in [0.25, 0.3) is 5.69 Å². The molecule has 0 unspecified atom stereocenters. The quantitative estimate of drug-likeness (QED) is 0.738. The Kier molecular flexibility index (Phi) is 3.81. The van der Waals surface area contributed by atoms with E-state index >= 15 is 0 Å². The number of carbonyl (C=O) groups is 1. The highest BCUT2D eigenvalue weighted by Gasteiger charge is 2.30. The molecule has 1 aliphatic rings. The third-order valence-electron chi connectivity index (χ3n) is 4.56. The number of benzene rings is 2. The van der Waals surface area contributed by atoms with Gasteiger partial charge in [-0.15, -0.1) is 0 Å². The molecule has 2 heterocycles. The lowest BCUT2D eigenvalue weighted by Crippen LogP contribution is -2.24. The van der Waals surface area contributed by atoms with Gasteiger partial charge >= 0.3 is 0 Å². The second kappa shape index (κ2) is 6.01. The molecule has 0 aliphatic carbocycles. The molecule has 1 atom stereocenters. The molecule has 0 saturated heterocycles. The Morgan fingerprint density at radius 1 is 1.24 bits per heavy atom. The van der Waals surface area contributed by atoms with Gasteiger partial charge in [-0.1, -0.05) is 29.8 Å². The Hall–Kier alpha value is -2.66. The summed E-state index contributed by atoms with van der Waals surface area (Å²) in [6.45, 7) is 1.91. The SMILES string of the molecule is Cc1c(Cl)cccc1-n1ncc2c1NC(=O)C[C@@H]2c1ccc(F)cc1. The summed E-state index contributed by atoms with van der Waals surface area (Å²) in [7, 11) is 0. The van der Waals surface area contributed by atoms with Crippen LogP contribution >= 0.6 is 11.6 Å². The third-order valence-corrected chi connectivity index (χ3v) is 4.97. The Labute approximate surface area is 149 Å². The fraction of sp³-hybridized carbons (Fsp3) is 0.158. The van der Waals surface area contributed by atoms with Crippen molar-refractivity contribution >= 4 is 23.3 Å². The summed E-state index contributed by atoms with van der Waals surface area (Å²) in [6, 6.07) is 11.8. The maximum atomic E-state index is 13.2. The van der Waals surface area contributed by atoms with Crippen molar-refractivity contribution in [3.63, 3.8) is 0 Å². The van der Waals surface area contributed by atoms with Crippen LogP contribution in [-0.2, 0) is 4.79 Å². The van der Waals surface area contributed by atoms with E-state index in [9.17, 15) is 9.18 Å². The van der Waals surface area contributed by atoms with Crippen LogP contribution in [0.3, 0.4) is 0 Å². The van der Waals surface area contributed by atoms with E-state index in [4.69, 9.17) is 11.6 Å². The van der Waals surface area contributed by atoms with Crippen LogP contribution in [0.15, 0.2) is 48.7 Å². The zero-order valence-electron chi connectivity index (χ0n) is 13.5. The average molecular weight is 356 g/mol. The molecule has 1 N–H and O–H groups in total. The Balaban J connectivity index is 1.84. The first-order valence-corrected chi connectivity index (χ1v) is 8.31. The van der Waals surface area contributed by atoms with Gasteiger partial charge in [0, 0.05) is 22.9 Å². The van der Waals surface area contributed by atoms with Gasteiger partial charge in [-0.25, -0.2) is 9.07 Å². The van der Waals surface area contributed by atoms with Crippen molar-refractivity contribution in [3.8, 4) is 5.69 Å². The number of rotatable bonds is 2. The first-order valence-electron chi connectivity index (χ1n) is 7.93. The summed E-state index contributed by atoms with van der Waals surface area (Å²) in [5.74, 6) is 0.0891. The van der Waals surface area contributed by atoms with E-state index in [0.717, 1.165) is 22.4 Å². The fourth-order valence-electron chi connectivity index (χ4n) is 3.22. The average Bonchev–Trinajstić information content (AvgIpc) is 3.01. The van der Waals surface area contributed by atoms with Crippen LogP contribution in [0.4, 0.5) is 10.2 Å². The Morgan fingerprint density at radius 2 is 2.00 bits per heavy atom. The molecule has 6 heteroatoms. The highest BCUT2D eigenvalue weighted by molar-refractivity contribution is 6.31. The number of nitrogens with zero attached hydrogens (tertiary/aromatic N) is 2. The van der Waals surface area contributed by atoms with Gasteiger partial charge < -0.3 is 5.32 Å². The molecule has 1 aromatic heterocycles. The van der Waals surface area contributed by atoms with Crippen LogP contribution < -0.4 is 5.32 Å². The van der Waals surface area contributed by atoms with Crippen molar-refractivity contribution in [1.29, 1.82) is 0 Å². The molecular formula is C19H15ClFN3O. The van der Waals surface area contributed by atoms with Crippen LogP contribution in [0.2, 0.25) is 5.02 Å². The number of hydrogen-bond acceptors (Lipinski definition) is 2. The van der Waals surface area contributed by atoms with Crippen molar-refractivity contribution in [1.82, 2.24) is 9.78 Å². The molecule has 0 spiro atoms. The number of nitrogens with one attached hydrogen (secondary N) is 1. The molecule has 3 aromatic rings. The minimum absolute atomic E-state index is 0.0942. The van der Waals surface area contributed by atoms with Crippen molar-refractivity contribution in [3.05, 3.63) is 76.2 Å². The number of amides is 1. The van der Waals surface area contributed by atoms with Crippen LogP contribution in [0.5, 0.6) is 0 Å². The molecule has 1 aliphatic heterocycles. The summed E-state index contributed by atoms with van der Waals surface area (Å²) >= 11 is 6.22. The molecule has 4 rings (SSSR count). The lowest BCUT2D eigenvalue weighted by atomic mass is 9.87. The van der Waals surface area contributed by atoms with Gasteiger partial charge in [0.25, 0.3) is 0 Å². The molecule has 126 valence electrons. The van der Waals surface area contributed by atoms with Gasteiger partial charge in [-0.3, -0.25) is 4.79 Å². The van der Waals surface area contributed by atoms with Crippen molar-refractivity contribution in [2.24, 2.45) is 0 Å². The minimum atomic E-state index is -0.297. The Bertz CT molecular complexity index is 965. The number of hydrogen-bond donors (Lipinski definition) is 1. The largest absolute Gasteiger partial charge is 0.310 e. The van der Waals surface area contributed by atoms with E-state index in [1.165, 1.54) is 12.1 Å². The highest BCUT2D eigenvalue weighted by Crippen LogP contribution is 2.38. The van der Waals surface area contributed by atoms with E-state index in [0.29, 0.717) is 17.3 Å². The van der Waals surface area contributed by atoms with Crippen molar-refractivity contribution in [2.45, 2.75) is 19.3 Å². The number of carbonyl (C=O) groups excluding carboxylic acids is 1. The van der Waals surface area contributed by atoms with Crippen LogP contribution in [0.1, 0.15) is 29.0 Å². The van der Waals surface area contributed by atoms with E-state index in [1.807, 2.05) is 25.1 Å². The van der Waals surface area contributed by atoms with Gasteiger partial charge in [0.15, 0.2) is 0 Å². The third kappa shape index (κ3) is 2.70. The highest BCUT2D eigenvalue weighted by atomic mass is 35.5. The first-order chi connectivity index (χ1) is 12.0. The number of halogens is 2. The summed E-state index contributed by atoms with van der Waals surface area (Å²) in [4.78, 5) is 12.3. The molecule has 0 fully saturated rings. The second-order valence-corrected chi connectivity index (χ2v) is 6.51. The predicted octanol–water partition coefficient (Wildman–Crippen LogP) is 4.45. The van der Waals surface area contributed by atoms with Gasteiger partial charge in [-0.05, 0) is 42.3 Å². The smallest absolute Gasteiger partial charge is 0.226 e. The van der Waals surface area contributed by atoms with Gasteiger partial charge in [0.05, 0.1) is 11.9 Å². The molecule has 0 saturated carbocycles. The summed E-state index contributed by atoms with van der Waals surface area (Å²) < 4.78 is 14.9. The monoisotopic (exact) mass is 355 g/mol. The number of fused-ring (bicyclic) bond motifs is 1. The molecule has 4 nitrogen and oxygen atoms in total. The van der Waals surface area contributed by atoms with Gasteiger partial charge in [0.1, 0.15) is 11.6 Å². The maximum absolute atomic E-state index is 13.2. The summed E-state index contributed by atoms with van der Waals surface area (Å²) in [5, 5.41) is 8.01. The minimum Gasteiger partial charge on any atom is -0.310 e. The predicted molar refractivity (Wildman–Crippen MR) is 94.8 cm³/mol. The molecule has 2 aromatic carbocycles. The van der Waals surface area contributed by atoms with Crippen LogP contribution in [-0.4, -0.2) is 15.7 Å². The first kappa shape index (κ1) is 15.8. The molecule has 0 bridgehead atoms. The standard InChI is InChI=1S/C19H15ClFN3O/c1-11-16(20)3-2-4-17(11)24-19-15(10-22-24)14(9-18(25)23-19)12-5-7-13(21)8-6-12/h2-8,10,14H,9H2,1H3,(H,23,25)/t14-/m1/s1.